The van der Waals surface area contributed by atoms with E-state index in [2.05, 4.69) is 0 Å². The van der Waals surface area contributed by atoms with Gasteiger partial charge in [0.2, 0.25) is 0 Å². The van der Waals surface area contributed by atoms with Crippen molar-refractivity contribution in [2.24, 2.45) is 5.92 Å². The molecule has 0 heterocycles. The fourth-order valence-electron chi connectivity index (χ4n) is 2.48. The quantitative estimate of drug-likeness (QED) is 0.617. The van der Waals surface area contributed by atoms with Crippen LogP contribution in [0.2, 0.25) is 0 Å². The third-order valence-electron chi connectivity index (χ3n) is 3.60. The topological polar surface area (TPSA) is 69.7 Å². The maximum Gasteiger partial charge on any atom is 0.311 e. The van der Waals surface area contributed by atoms with Crippen molar-refractivity contribution in [2.75, 3.05) is 6.61 Å². The molecule has 1 fully saturated rings. The van der Waals surface area contributed by atoms with Gasteiger partial charge in [0, 0.05) is 0 Å². The molecule has 0 bridgehead atoms. The number of hydrogen-bond acceptors (Lipinski definition) is 5. The summed E-state index contributed by atoms with van der Waals surface area (Å²) < 4.78 is 34.8. The highest BCUT2D eigenvalue weighted by molar-refractivity contribution is 7.86. The lowest BCUT2D eigenvalue weighted by atomic mass is 10.1. The minimum Gasteiger partial charge on any atom is -0.466 e. The number of hydrogen-bond donors (Lipinski definition) is 0. The van der Waals surface area contributed by atoms with Crippen LogP contribution in [-0.4, -0.2) is 27.1 Å². The van der Waals surface area contributed by atoms with Crippen LogP contribution in [0.1, 0.15) is 31.7 Å². The number of benzene rings is 1. The van der Waals surface area contributed by atoms with Crippen molar-refractivity contribution in [3.63, 3.8) is 0 Å². The molecule has 1 aromatic rings. The average Bonchev–Trinajstić information content (AvgIpc) is 2.87. The molecule has 0 aromatic heterocycles. The Labute approximate surface area is 125 Å². The van der Waals surface area contributed by atoms with Crippen LogP contribution < -0.4 is 0 Å². The molecule has 1 aromatic carbocycles. The Kier molecular flexibility index (Phi) is 5.00. The predicted octanol–water partition coefficient (Wildman–Crippen LogP) is 2.43. The summed E-state index contributed by atoms with van der Waals surface area (Å²) in [6.07, 6.45) is 1.29. The van der Waals surface area contributed by atoms with Gasteiger partial charge in [-0.3, -0.25) is 8.98 Å². The average molecular weight is 312 g/mol. The minimum atomic E-state index is -3.85. The predicted molar refractivity (Wildman–Crippen MR) is 77.2 cm³/mol. The minimum absolute atomic E-state index is 0.114. The molecule has 116 valence electrons. The SMILES string of the molecule is CCOC(=O)[C@H]1CCC[C@@H]1OS(=O)(=O)c1ccc(C)cc1. The van der Waals surface area contributed by atoms with E-state index in [1.807, 2.05) is 6.92 Å². The zero-order chi connectivity index (χ0) is 15.5. The first-order valence-electron chi connectivity index (χ1n) is 7.10. The normalized spacial score (nSPS) is 22.2. The Hall–Kier alpha value is -1.40. The fraction of sp³-hybridized carbons (Fsp3) is 0.533. The molecule has 6 heteroatoms. The van der Waals surface area contributed by atoms with Crippen molar-refractivity contribution >= 4 is 16.1 Å². The first-order valence-corrected chi connectivity index (χ1v) is 8.51. The summed E-state index contributed by atoms with van der Waals surface area (Å²) in [7, 11) is -3.85. The molecule has 2 atom stereocenters. The van der Waals surface area contributed by atoms with E-state index in [1.54, 1.807) is 19.1 Å². The summed E-state index contributed by atoms with van der Waals surface area (Å²) in [6, 6.07) is 6.46. The van der Waals surface area contributed by atoms with Crippen LogP contribution >= 0.6 is 0 Å². The molecule has 0 amide bonds. The van der Waals surface area contributed by atoms with E-state index in [-0.39, 0.29) is 17.5 Å². The molecule has 0 N–H and O–H groups in total. The number of rotatable bonds is 5. The number of ether oxygens (including phenoxy) is 1. The van der Waals surface area contributed by atoms with Gasteiger partial charge in [-0.05, 0) is 45.2 Å². The van der Waals surface area contributed by atoms with Crippen molar-refractivity contribution in [1.29, 1.82) is 0 Å². The van der Waals surface area contributed by atoms with Crippen LogP contribution in [0.25, 0.3) is 0 Å². The van der Waals surface area contributed by atoms with Crippen LogP contribution in [0.5, 0.6) is 0 Å². The molecule has 1 aliphatic carbocycles. The monoisotopic (exact) mass is 312 g/mol. The highest BCUT2D eigenvalue weighted by Gasteiger charge is 2.38. The summed E-state index contributed by atoms with van der Waals surface area (Å²) in [5, 5.41) is 0. The maximum atomic E-state index is 12.3. The van der Waals surface area contributed by atoms with Gasteiger partial charge in [-0.15, -0.1) is 0 Å². The number of esters is 1. The Morgan fingerprint density at radius 1 is 1.24 bits per heavy atom. The molecular formula is C15H20O5S. The molecule has 5 nitrogen and oxygen atoms in total. The fourth-order valence-corrected chi connectivity index (χ4v) is 3.62. The molecule has 21 heavy (non-hydrogen) atoms. The summed E-state index contributed by atoms with van der Waals surface area (Å²) in [5.74, 6) is -0.871. The van der Waals surface area contributed by atoms with E-state index in [0.29, 0.717) is 12.8 Å². The second kappa shape index (κ2) is 6.58. The lowest BCUT2D eigenvalue weighted by Crippen LogP contribution is -2.29. The molecule has 0 spiro atoms. The zero-order valence-corrected chi connectivity index (χ0v) is 13.1. The van der Waals surface area contributed by atoms with E-state index in [1.165, 1.54) is 12.1 Å². The van der Waals surface area contributed by atoms with Gasteiger partial charge >= 0.3 is 5.97 Å². The van der Waals surface area contributed by atoms with Gasteiger partial charge in [-0.25, -0.2) is 0 Å². The van der Waals surface area contributed by atoms with Crippen molar-refractivity contribution in [3.05, 3.63) is 29.8 Å². The third kappa shape index (κ3) is 3.83. The Balaban J connectivity index is 2.12. The van der Waals surface area contributed by atoms with Gasteiger partial charge < -0.3 is 4.74 Å². The van der Waals surface area contributed by atoms with Crippen molar-refractivity contribution in [2.45, 2.75) is 44.1 Å². The van der Waals surface area contributed by atoms with Crippen molar-refractivity contribution in [3.8, 4) is 0 Å². The van der Waals surface area contributed by atoms with E-state index in [9.17, 15) is 13.2 Å². The van der Waals surface area contributed by atoms with E-state index >= 15 is 0 Å². The van der Waals surface area contributed by atoms with Gasteiger partial charge in [0.25, 0.3) is 10.1 Å². The molecule has 0 saturated heterocycles. The van der Waals surface area contributed by atoms with E-state index in [4.69, 9.17) is 8.92 Å². The molecule has 0 unspecified atom stereocenters. The van der Waals surface area contributed by atoms with E-state index in [0.717, 1.165) is 12.0 Å². The molecular weight excluding hydrogens is 292 g/mol. The van der Waals surface area contributed by atoms with Gasteiger partial charge in [0.05, 0.1) is 23.5 Å². The molecule has 2 rings (SSSR count). The molecule has 0 radical (unpaired) electrons. The lowest BCUT2D eigenvalue weighted by molar-refractivity contribution is -0.150. The van der Waals surface area contributed by atoms with Crippen LogP contribution in [0, 0.1) is 12.8 Å². The number of aryl methyl sites for hydroxylation is 1. The van der Waals surface area contributed by atoms with Crippen molar-refractivity contribution < 1.29 is 22.1 Å². The van der Waals surface area contributed by atoms with Gasteiger partial charge in [-0.2, -0.15) is 8.42 Å². The summed E-state index contributed by atoms with van der Waals surface area (Å²) in [6.45, 7) is 3.89. The van der Waals surface area contributed by atoms with Crippen molar-refractivity contribution in [1.82, 2.24) is 0 Å². The summed E-state index contributed by atoms with van der Waals surface area (Å²) in [4.78, 5) is 11.9. The molecule has 1 aliphatic rings. The smallest absolute Gasteiger partial charge is 0.311 e. The van der Waals surface area contributed by atoms with Gasteiger partial charge in [-0.1, -0.05) is 17.7 Å². The highest BCUT2D eigenvalue weighted by atomic mass is 32.2. The standard InChI is InChI=1S/C15H20O5S/c1-3-19-15(16)13-5-4-6-14(13)20-21(17,18)12-9-7-11(2)8-10-12/h7-10,13-14H,3-6H2,1-2H3/t13-,14-/m0/s1. The van der Waals surface area contributed by atoms with Crippen LogP contribution in [0.3, 0.4) is 0 Å². The number of carbonyl (C=O) groups is 1. The van der Waals surface area contributed by atoms with Crippen LogP contribution in [0.4, 0.5) is 0 Å². The second-order valence-electron chi connectivity index (χ2n) is 5.19. The Morgan fingerprint density at radius 2 is 1.90 bits per heavy atom. The summed E-state index contributed by atoms with van der Waals surface area (Å²) >= 11 is 0. The second-order valence-corrected chi connectivity index (χ2v) is 6.76. The molecule has 1 saturated carbocycles. The highest BCUT2D eigenvalue weighted by Crippen LogP contribution is 2.32. The first-order chi connectivity index (χ1) is 9.94. The van der Waals surface area contributed by atoms with Gasteiger partial charge in [0.15, 0.2) is 0 Å². The summed E-state index contributed by atoms with van der Waals surface area (Å²) in [5.41, 5.74) is 0.971. The third-order valence-corrected chi connectivity index (χ3v) is 4.95. The maximum absolute atomic E-state index is 12.3. The largest absolute Gasteiger partial charge is 0.466 e. The lowest BCUT2D eigenvalue weighted by Gasteiger charge is -2.18. The van der Waals surface area contributed by atoms with Crippen LogP contribution in [0.15, 0.2) is 29.2 Å². The zero-order valence-electron chi connectivity index (χ0n) is 12.2. The first kappa shape index (κ1) is 16.0. The Bertz CT molecular complexity index is 591. The Morgan fingerprint density at radius 3 is 2.52 bits per heavy atom. The number of carbonyl (C=O) groups excluding carboxylic acids is 1. The molecule has 0 aliphatic heterocycles. The van der Waals surface area contributed by atoms with E-state index < -0.39 is 22.1 Å². The van der Waals surface area contributed by atoms with Gasteiger partial charge in [0.1, 0.15) is 0 Å². The van der Waals surface area contributed by atoms with Crippen LogP contribution in [-0.2, 0) is 23.8 Å².